The van der Waals surface area contributed by atoms with Gasteiger partial charge in [0.15, 0.2) is 5.69 Å². The number of benzene rings is 2. The van der Waals surface area contributed by atoms with Crippen LogP contribution in [0.4, 0.5) is 10.5 Å². The van der Waals surface area contributed by atoms with Crippen molar-refractivity contribution >= 4 is 17.7 Å². The molecule has 0 saturated heterocycles. The topological polar surface area (TPSA) is 101 Å². The van der Waals surface area contributed by atoms with E-state index in [1.165, 1.54) is 18.7 Å². The average Bonchev–Trinajstić information content (AvgIpc) is 2.80. The van der Waals surface area contributed by atoms with Crippen molar-refractivity contribution in [3.05, 3.63) is 93.9 Å². The van der Waals surface area contributed by atoms with Crippen molar-refractivity contribution in [2.75, 3.05) is 19.1 Å². The second-order valence-electron chi connectivity index (χ2n) is 7.72. The maximum absolute atomic E-state index is 13.2. The summed E-state index contributed by atoms with van der Waals surface area (Å²) < 4.78 is 6.83. The molecule has 33 heavy (non-hydrogen) atoms. The van der Waals surface area contributed by atoms with E-state index in [0.29, 0.717) is 12.1 Å². The predicted octanol–water partition coefficient (Wildman–Crippen LogP) is 3.58. The molecule has 0 aliphatic carbocycles. The van der Waals surface area contributed by atoms with Crippen molar-refractivity contribution in [3.8, 4) is 5.75 Å². The summed E-state index contributed by atoms with van der Waals surface area (Å²) in [4.78, 5) is 38.9. The lowest BCUT2D eigenvalue weighted by Crippen LogP contribution is -2.43. The number of rotatable bonds is 8. The molecule has 0 saturated carbocycles. The van der Waals surface area contributed by atoms with Crippen LogP contribution in [0.15, 0.2) is 71.7 Å². The molecule has 1 atom stereocenters. The second kappa shape index (κ2) is 10.5. The third kappa shape index (κ3) is 5.79. The van der Waals surface area contributed by atoms with E-state index in [2.05, 4.69) is 5.32 Å². The predicted molar refractivity (Wildman–Crippen MR) is 126 cm³/mol. The molecule has 0 fully saturated rings. The number of anilines is 1. The Morgan fingerprint density at radius 2 is 1.76 bits per heavy atom. The quantitative estimate of drug-likeness (QED) is 0.548. The zero-order valence-electron chi connectivity index (χ0n) is 18.8. The van der Waals surface area contributed by atoms with E-state index in [-0.39, 0.29) is 17.9 Å². The fraction of sp³-hybridized carbons (Fsp3) is 0.240. The molecule has 0 radical (unpaired) electrons. The van der Waals surface area contributed by atoms with Crippen LogP contribution in [0.1, 0.15) is 29.2 Å². The van der Waals surface area contributed by atoms with Crippen LogP contribution >= 0.6 is 0 Å². The van der Waals surface area contributed by atoms with Crippen molar-refractivity contribution in [3.63, 3.8) is 0 Å². The molecule has 0 bridgehead atoms. The highest BCUT2D eigenvalue weighted by Crippen LogP contribution is 2.24. The number of aliphatic carboxylic acids is 1. The van der Waals surface area contributed by atoms with Crippen molar-refractivity contribution < 1.29 is 19.4 Å². The van der Waals surface area contributed by atoms with Gasteiger partial charge >= 0.3 is 12.0 Å². The first-order valence-electron chi connectivity index (χ1n) is 10.4. The van der Waals surface area contributed by atoms with E-state index in [0.717, 1.165) is 16.0 Å². The summed E-state index contributed by atoms with van der Waals surface area (Å²) in [6.07, 6.45) is 1.32. The number of urea groups is 1. The molecule has 8 heteroatoms. The number of carbonyl (C=O) groups is 2. The van der Waals surface area contributed by atoms with Gasteiger partial charge in [-0.15, -0.1) is 0 Å². The second-order valence-corrected chi connectivity index (χ2v) is 7.72. The highest BCUT2D eigenvalue weighted by Gasteiger charge is 2.25. The Morgan fingerprint density at radius 1 is 1.09 bits per heavy atom. The van der Waals surface area contributed by atoms with Gasteiger partial charge in [0, 0.05) is 13.2 Å². The van der Waals surface area contributed by atoms with Crippen molar-refractivity contribution in [1.82, 2.24) is 9.88 Å². The molecule has 1 aromatic heterocycles. The van der Waals surface area contributed by atoms with Crippen molar-refractivity contribution in [1.29, 1.82) is 0 Å². The SMILES string of the molecule is COc1ccn(Cc2ccccc2)c(=O)c1N(C)C(=O)NC(CC(=O)O)c1ccc(C)cc1. The molecule has 1 heterocycles. The first kappa shape index (κ1) is 23.6. The van der Waals surface area contributed by atoms with E-state index < -0.39 is 23.6 Å². The molecule has 2 amide bonds. The number of pyridine rings is 1. The number of methoxy groups -OCH3 is 1. The lowest BCUT2D eigenvalue weighted by atomic mass is 10.0. The fourth-order valence-electron chi connectivity index (χ4n) is 3.50. The number of hydrogen-bond donors (Lipinski definition) is 2. The van der Waals surface area contributed by atoms with Crippen LogP contribution in [0, 0.1) is 6.92 Å². The lowest BCUT2D eigenvalue weighted by Gasteiger charge is -2.24. The van der Waals surface area contributed by atoms with Gasteiger partial charge < -0.3 is 19.7 Å². The Balaban J connectivity index is 1.90. The molecule has 2 aromatic carbocycles. The average molecular weight is 450 g/mol. The third-order valence-electron chi connectivity index (χ3n) is 5.31. The standard InChI is InChI=1S/C25H27N3O5/c1-17-9-11-19(12-10-17)20(15-22(29)30)26-25(32)27(2)23-21(33-3)13-14-28(24(23)31)16-18-7-5-4-6-8-18/h4-14,20H,15-16H2,1-3H3,(H,26,32)(H,29,30). The fourth-order valence-corrected chi connectivity index (χ4v) is 3.50. The Labute approximate surface area is 192 Å². The molecule has 172 valence electrons. The summed E-state index contributed by atoms with van der Waals surface area (Å²) in [5.41, 5.74) is 2.27. The molecule has 1 unspecified atom stereocenters. The van der Waals surface area contributed by atoms with Crippen LogP contribution in [0.3, 0.4) is 0 Å². The van der Waals surface area contributed by atoms with Gasteiger partial charge in [-0.3, -0.25) is 14.5 Å². The van der Waals surface area contributed by atoms with Crippen LogP contribution in [-0.2, 0) is 11.3 Å². The summed E-state index contributed by atoms with van der Waals surface area (Å²) in [7, 11) is 2.87. The van der Waals surface area contributed by atoms with E-state index in [9.17, 15) is 19.5 Å². The van der Waals surface area contributed by atoms with Gasteiger partial charge in [0.05, 0.1) is 26.1 Å². The molecule has 0 aliphatic heterocycles. The van der Waals surface area contributed by atoms with Crippen molar-refractivity contribution in [2.45, 2.75) is 25.9 Å². The Morgan fingerprint density at radius 3 is 2.36 bits per heavy atom. The van der Waals surface area contributed by atoms with Crippen LogP contribution < -0.4 is 20.5 Å². The van der Waals surface area contributed by atoms with Crippen LogP contribution in [0.25, 0.3) is 0 Å². The van der Waals surface area contributed by atoms with Gasteiger partial charge in [0.2, 0.25) is 0 Å². The summed E-state index contributed by atoms with van der Waals surface area (Å²) in [5.74, 6) is -0.807. The minimum absolute atomic E-state index is 0.0615. The molecule has 0 spiro atoms. The highest BCUT2D eigenvalue weighted by molar-refractivity contribution is 5.93. The number of ether oxygens (including phenoxy) is 1. The number of nitrogens with one attached hydrogen (secondary N) is 1. The number of amides is 2. The maximum Gasteiger partial charge on any atom is 0.322 e. The van der Waals surface area contributed by atoms with E-state index in [1.54, 1.807) is 24.4 Å². The Bertz CT molecular complexity index is 1170. The summed E-state index contributed by atoms with van der Waals surface area (Å²) in [6, 6.07) is 17.0. The van der Waals surface area contributed by atoms with Crippen LogP contribution in [0.2, 0.25) is 0 Å². The minimum Gasteiger partial charge on any atom is -0.494 e. The maximum atomic E-state index is 13.2. The van der Waals surface area contributed by atoms with Gasteiger partial charge in [0.1, 0.15) is 5.75 Å². The van der Waals surface area contributed by atoms with E-state index in [1.807, 2.05) is 49.4 Å². The summed E-state index contributed by atoms with van der Waals surface area (Å²) >= 11 is 0. The number of carboxylic acid groups (broad SMARTS) is 1. The van der Waals surface area contributed by atoms with Crippen LogP contribution in [0.5, 0.6) is 5.75 Å². The van der Waals surface area contributed by atoms with E-state index >= 15 is 0 Å². The van der Waals surface area contributed by atoms with Crippen molar-refractivity contribution in [2.24, 2.45) is 0 Å². The Hall–Kier alpha value is -4.07. The minimum atomic E-state index is -1.05. The van der Waals surface area contributed by atoms with Gasteiger partial charge in [0.25, 0.3) is 5.56 Å². The number of carbonyl (C=O) groups excluding carboxylic acids is 1. The molecule has 0 aliphatic rings. The lowest BCUT2D eigenvalue weighted by molar-refractivity contribution is -0.137. The first-order valence-corrected chi connectivity index (χ1v) is 10.4. The number of hydrogen-bond acceptors (Lipinski definition) is 4. The largest absolute Gasteiger partial charge is 0.494 e. The molecule has 2 N–H and O–H groups in total. The molecular formula is C25H27N3O5. The first-order chi connectivity index (χ1) is 15.8. The number of aromatic nitrogens is 1. The molecular weight excluding hydrogens is 422 g/mol. The Kier molecular flexibility index (Phi) is 7.50. The molecule has 3 aromatic rings. The third-order valence-corrected chi connectivity index (χ3v) is 5.31. The number of carboxylic acids is 1. The zero-order chi connectivity index (χ0) is 24.0. The van der Waals surface area contributed by atoms with Gasteiger partial charge in [-0.25, -0.2) is 4.79 Å². The smallest absolute Gasteiger partial charge is 0.322 e. The zero-order valence-corrected chi connectivity index (χ0v) is 18.8. The van der Waals surface area contributed by atoms with E-state index in [4.69, 9.17) is 4.74 Å². The summed E-state index contributed by atoms with van der Waals surface area (Å²) in [5, 5.41) is 12.1. The summed E-state index contributed by atoms with van der Waals surface area (Å²) in [6.45, 7) is 2.25. The number of nitrogens with zero attached hydrogens (tertiary/aromatic N) is 2. The van der Waals surface area contributed by atoms with Gasteiger partial charge in [-0.1, -0.05) is 60.2 Å². The highest BCUT2D eigenvalue weighted by atomic mass is 16.5. The van der Waals surface area contributed by atoms with Crippen LogP contribution in [-0.4, -0.2) is 35.8 Å². The molecule has 3 rings (SSSR count). The monoisotopic (exact) mass is 449 g/mol. The molecule has 8 nitrogen and oxygen atoms in total. The van der Waals surface area contributed by atoms with Gasteiger partial charge in [-0.2, -0.15) is 0 Å². The van der Waals surface area contributed by atoms with Gasteiger partial charge in [-0.05, 0) is 24.1 Å². The normalized spacial score (nSPS) is 11.5. The number of aryl methyl sites for hydroxylation is 1.